The van der Waals surface area contributed by atoms with E-state index in [1.807, 2.05) is 0 Å². The third kappa shape index (κ3) is 6.74. The lowest BCUT2D eigenvalue weighted by Gasteiger charge is -2.26. The Morgan fingerprint density at radius 2 is 0.548 bits per heavy atom. The summed E-state index contributed by atoms with van der Waals surface area (Å²) in [5, 5.41) is 2.16. The Balaban J connectivity index is 1.07. The smallest absolute Gasteiger partial charge is 0.159 e. The second-order valence-corrected chi connectivity index (χ2v) is 15.6. The molecule has 11 aromatic rings. The van der Waals surface area contributed by atoms with Gasteiger partial charge < -0.3 is 9.32 Å². The van der Waals surface area contributed by atoms with Gasteiger partial charge in [0.05, 0.1) is 5.69 Å². The van der Waals surface area contributed by atoms with E-state index in [0.29, 0.717) is 0 Å². The molecule has 62 heavy (non-hydrogen) atoms. The lowest BCUT2D eigenvalue weighted by molar-refractivity contribution is 0.670. The van der Waals surface area contributed by atoms with Crippen LogP contribution < -0.4 is 4.90 Å². The van der Waals surface area contributed by atoms with Crippen molar-refractivity contribution in [1.82, 2.24) is 0 Å². The molecular weight excluding hydrogens is 751 g/mol. The number of para-hydroxylation sites is 2. The van der Waals surface area contributed by atoms with Crippen LogP contribution in [0.25, 0.3) is 88.7 Å². The minimum Gasteiger partial charge on any atom is -0.453 e. The number of hydrogen-bond acceptors (Lipinski definition) is 2. The molecule has 292 valence electrons. The predicted molar refractivity (Wildman–Crippen MR) is 261 cm³/mol. The first kappa shape index (κ1) is 36.8. The molecule has 0 saturated carbocycles. The van der Waals surface area contributed by atoms with Gasteiger partial charge in [-0.25, -0.2) is 0 Å². The largest absolute Gasteiger partial charge is 0.453 e. The fourth-order valence-corrected chi connectivity index (χ4v) is 9.00. The van der Waals surface area contributed by atoms with E-state index in [9.17, 15) is 0 Å². The van der Waals surface area contributed by atoms with Crippen LogP contribution >= 0.6 is 0 Å². The van der Waals surface area contributed by atoms with E-state index in [0.717, 1.165) is 61.3 Å². The predicted octanol–water partition coefficient (Wildman–Crippen LogP) is 17.1. The Morgan fingerprint density at radius 1 is 0.226 bits per heavy atom. The summed E-state index contributed by atoms with van der Waals surface area (Å²) in [7, 11) is 0. The molecule has 0 aliphatic heterocycles. The van der Waals surface area contributed by atoms with Crippen molar-refractivity contribution in [3.8, 4) is 66.8 Å². The lowest BCUT2D eigenvalue weighted by Crippen LogP contribution is -2.10. The van der Waals surface area contributed by atoms with Crippen molar-refractivity contribution < 1.29 is 4.42 Å². The molecule has 0 bridgehead atoms. The van der Waals surface area contributed by atoms with Gasteiger partial charge in [0.1, 0.15) is 5.58 Å². The number of furan rings is 1. The summed E-state index contributed by atoms with van der Waals surface area (Å²) in [6.45, 7) is 0. The Hall–Kier alpha value is -8.20. The number of rotatable bonds is 9. The molecular formula is C60H41NO. The molecule has 0 atom stereocenters. The van der Waals surface area contributed by atoms with Crippen LogP contribution in [0.3, 0.4) is 0 Å². The van der Waals surface area contributed by atoms with E-state index in [1.54, 1.807) is 0 Å². The lowest BCUT2D eigenvalue weighted by atomic mass is 9.93. The fraction of sp³-hybridized carbons (Fsp3) is 0. The molecule has 0 amide bonds. The Kier molecular flexibility index (Phi) is 9.57. The first-order valence-electron chi connectivity index (χ1n) is 21.2. The molecule has 2 nitrogen and oxygen atoms in total. The third-order valence-electron chi connectivity index (χ3n) is 11.9. The highest BCUT2D eigenvalue weighted by atomic mass is 16.3. The number of anilines is 3. The average Bonchev–Trinajstić information content (AvgIpc) is 3.75. The first-order chi connectivity index (χ1) is 30.8. The van der Waals surface area contributed by atoms with E-state index in [4.69, 9.17) is 4.42 Å². The van der Waals surface area contributed by atoms with Gasteiger partial charge in [-0.15, -0.1) is 0 Å². The van der Waals surface area contributed by atoms with Crippen molar-refractivity contribution in [2.45, 2.75) is 0 Å². The van der Waals surface area contributed by atoms with Crippen LogP contribution in [-0.4, -0.2) is 0 Å². The molecule has 0 aliphatic carbocycles. The van der Waals surface area contributed by atoms with E-state index < -0.39 is 0 Å². The van der Waals surface area contributed by atoms with Crippen LogP contribution in [0, 0.1) is 0 Å². The summed E-state index contributed by atoms with van der Waals surface area (Å²) < 4.78 is 7.16. The number of fused-ring (bicyclic) bond motifs is 3. The SMILES string of the molecule is c1ccc(-c2ccccc2-c2ccc(N(c3ccc(-c4ccccc4-c4ccccc4)cc3)c3cccc4c3oc3c(-c5ccccc5-c5ccccc5)cccc34)cc2)cc1. The maximum absolute atomic E-state index is 7.16. The normalized spacial score (nSPS) is 11.2. The van der Waals surface area contributed by atoms with Crippen LogP contribution in [0.1, 0.15) is 0 Å². The highest BCUT2D eigenvalue weighted by Crippen LogP contribution is 2.46. The van der Waals surface area contributed by atoms with Crippen molar-refractivity contribution in [3.63, 3.8) is 0 Å². The highest BCUT2D eigenvalue weighted by Gasteiger charge is 2.22. The summed E-state index contributed by atoms with van der Waals surface area (Å²) in [4.78, 5) is 2.34. The molecule has 1 heterocycles. The summed E-state index contributed by atoms with van der Waals surface area (Å²) in [6, 6.07) is 88.7. The van der Waals surface area contributed by atoms with Gasteiger partial charge >= 0.3 is 0 Å². The molecule has 0 radical (unpaired) electrons. The summed E-state index contributed by atoms with van der Waals surface area (Å²) in [5.41, 5.74) is 18.8. The number of benzene rings is 10. The van der Waals surface area contributed by atoms with Crippen molar-refractivity contribution in [2.75, 3.05) is 4.90 Å². The van der Waals surface area contributed by atoms with Gasteiger partial charge in [-0.1, -0.05) is 218 Å². The monoisotopic (exact) mass is 791 g/mol. The van der Waals surface area contributed by atoms with Crippen molar-refractivity contribution in [1.29, 1.82) is 0 Å². The van der Waals surface area contributed by atoms with Gasteiger partial charge in [0.25, 0.3) is 0 Å². The van der Waals surface area contributed by atoms with Gasteiger partial charge in [-0.2, -0.15) is 0 Å². The molecule has 11 rings (SSSR count). The quantitative estimate of drug-likeness (QED) is 0.145. The van der Waals surface area contributed by atoms with Crippen LogP contribution in [0.5, 0.6) is 0 Å². The number of nitrogens with zero attached hydrogens (tertiary/aromatic N) is 1. The van der Waals surface area contributed by atoms with E-state index in [1.165, 1.54) is 44.5 Å². The minimum atomic E-state index is 0.837. The van der Waals surface area contributed by atoms with Crippen molar-refractivity contribution in [3.05, 3.63) is 249 Å². The second kappa shape index (κ2) is 16.1. The molecule has 0 unspecified atom stereocenters. The summed E-state index contributed by atoms with van der Waals surface area (Å²) in [5.74, 6) is 0. The van der Waals surface area contributed by atoms with E-state index in [-0.39, 0.29) is 0 Å². The molecule has 0 saturated heterocycles. The fourth-order valence-electron chi connectivity index (χ4n) is 9.00. The van der Waals surface area contributed by atoms with Gasteiger partial charge in [-0.05, 0) is 91.5 Å². The molecule has 0 fully saturated rings. The molecule has 0 aliphatic rings. The zero-order valence-electron chi connectivity index (χ0n) is 34.0. The molecule has 2 heteroatoms. The molecule has 0 spiro atoms. The minimum absolute atomic E-state index is 0.837. The molecule has 10 aromatic carbocycles. The van der Waals surface area contributed by atoms with Gasteiger partial charge in [-0.3, -0.25) is 0 Å². The van der Waals surface area contributed by atoms with Gasteiger partial charge in [0.15, 0.2) is 5.58 Å². The Labute approximate surface area is 362 Å². The molecule has 1 aromatic heterocycles. The standard InChI is InChI=1S/C60H41NO/c1-4-18-42(19-5-1)49-24-10-12-26-51(49)45-34-38-47(39-35-45)61(48-40-36-46(37-41-48)52-27-13-11-25-50(52)43-20-6-2-7-21-43)58-33-17-32-57-56-31-16-30-55(59(56)62-60(57)58)54-29-15-14-28-53(54)44-22-8-3-9-23-44/h1-41H. The van der Waals surface area contributed by atoms with Crippen molar-refractivity contribution >= 4 is 39.0 Å². The van der Waals surface area contributed by atoms with Crippen LogP contribution in [-0.2, 0) is 0 Å². The van der Waals surface area contributed by atoms with Crippen LogP contribution in [0.15, 0.2) is 253 Å². The Morgan fingerprint density at radius 3 is 0.984 bits per heavy atom. The van der Waals surface area contributed by atoms with Crippen LogP contribution in [0.4, 0.5) is 17.1 Å². The zero-order valence-corrected chi connectivity index (χ0v) is 34.0. The molecule has 0 N–H and O–H groups in total. The maximum Gasteiger partial charge on any atom is 0.159 e. The van der Waals surface area contributed by atoms with Gasteiger partial charge in [0, 0.05) is 27.7 Å². The number of hydrogen-bond donors (Lipinski definition) is 0. The van der Waals surface area contributed by atoms with Crippen LogP contribution in [0.2, 0.25) is 0 Å². The highest BCUT2D eigenvalue weighted by molar-refractivity contribution is 6.14. The first-order valence-corrected chi connectivity index (χ1v) is 21.2. The second-order valence-electron chi connectivity index (χ2n) is 15.6. The summed E-state index contributed by atoms with van der Waals surface area (Å²) in [6.07, 6.45) is 0. The zero-order chi connectivity index (χ0) is 41.2. The van der Waals surface area contributed by atoms with Crippen molar-refractivity contribution in [2.24, 2.45) is 0 Å². The summed E-state index contributed by atoms with van der Waals surface area (Å²) >= 11 is 0. The average molecular weight is 792 g/mol. The van der Waals surface area contributed by atoms with E-state index in [2.05, 4.69) is 254 Å². The maximum atomic E-state index is 7.16. The van der Waals surface area contributed by atoms with E-state index >= 15 is 0 Å². The van der Waals surface area contributed by atoms with Gasteiger partial charge in [0.2, 0.25) is 0 Å². The third-order valence-corrected chi connectivity index (χ3v) is 11.9. The Bertz CT molecular complexity index is 3190. The topological polar surface area (TPSA) is 16.4 Å².